The third kappa shape index (κ3) is 2.84. The number of carbonyl (C=O) groups is 1. The van der Waals surface area contributed by atoms with Crippen molar-refractivity contribution in [2.45, 2.75) is 13.8 Å². The summed E-state index contributed by atoms with van der Waals surface area (Å²) in [5.74, 6) is -1.08. The van der Waals surface area contributed by atoms with Crippen LogP contribution in [0.3, 0.4) is 0 Å². The SMILES string of the molecule is COC(=O)c1ccc(-c2noc(-c3nc4c(C)ccc(C)c4o3)n2)cc1F. The number of carbonyl (C=O) groups excluding carboxylic acids is 1. The van der Waals surface area contributed by atoms with E-state index in [1.807, 2.05) is 26.0 Å². The first kappa shape index (κ1) is 16.9. The maximum absolute atomic E-state index is 14.1. The predicted molar refractivity (Wildman–Crippen MR) is 93.5 cm³/mol. The number of aryl methyl sites for hydroxylation is 2. The minimum Gasteiger partial charge on any atom is -0.465 e. The molecule has 4 aromatic rings. The molecule has 7 nitrogen and oxygen atoms in total. The van der Waals surface area contributed by atoms with Crippen molar-refractivity contribution < 1.29 is 22.9 Å². The van der Waals surface area contributed by atoms with Crippen LogP contribution in [-0.4, -0.2) is 28.2 Å². The topological polar surface area (TPSA) is 91.2 Å². The lowest BCUT2D eigenvalue weighted by Gasteiger charge is -2.01. The molecule has 0 fully saturated rings. The quantitative estimate of drug-likeness (QED) is 0.504. The average Bonchev–Trinajstić information content (AvgIpc) is 3.31. The molecule has 8 heteroatoms. The zero-order valence-electron chi connectivity index (χ0n) is 14.7. The Hall–Kier alpha value is -3.55. The second-order valence-corrected chi connectivity index (χ2v) is 6.01. The summed E-state index contributed by atoms with van der Waals surface area (Å²) in [6, 6.07) is 7.84. The number of esters is 1. The maximum Gasteiger partial charge on any atom is 0.340 e. The van der Waals surface area contributed by atoms with Crippen LogP contribution in [0.4, 0.5) is 4.39 Å². The number of hydrogen-bond donors (Lipinski definition) is 0. The van der Waals surface area contributed by atoms with Gasteiger partial charge in [-0.2, -0.15) is 4.98 Å². The molecule has 0 unspecified atom stereocenters. The number of ether oxygens (including phenoxy) is 1. The molecule has 27 heavy (non-hydrogen) atoms. The molecule has 0 atom stereocenters. The third-order valence-electron chi connectivity index (χ3n) is 4.18. The molecule has 0 saturated heterocycles. The summed E-state index contributed by atoms with van der Waals surface area (Å²) in [5, 5.41) is 3.84. The molecule has 2 aromatic carbocycles. The first-order valence-electron chi connectivity index (χ1n) is 8.07. The van der Waals surface area contributed by atoms with Crippen LogP contribution < -0.4 is 0 Å². The Morgan fingerprint density at radius 2 is 1.85 bits per heavy atom. The van der Waals surface area contributed by atoms with Crippen molar-refractivity contribution in [1.82, 2.24) is 15.1 Å². The Kier molecular flexibility index (Phi) is 3.95. The molecule has 0 N–H and O–H groups in total. The van der Waals surface area contributed by atoms with Crippen molar-refractivity contribution in [3.63, 3.8) is 0 Å². The highest BCUT2D eigenvalue weighted by Crippen LogP contribution is 2.29. The normalized spacial score (nSPS) is 11.1. The van der Waals surface area contributed by atoms with E-state index in [0.717, 1.165) is 22.7 Å². The van der Waals surface area contributed by atoms with Gasteiger partial charge in [0.25, 0.3) is 5.89 Å². The Labute approximate surface area is 152 Å². The van der Waals surface area contributed by atoms with E-state index in [0.29, 0.717) is 11.1 Å². The fourth-order valence-corrected chi connectivity index (χ4v) is 2.71. The monoisotopic (exact) mass is 367 g/mol. The van der Waals surface area contributed by atoms with Gasteiger partial charge in [0.2, 0.25) is 5.82 Å². The number of methoxy groups -OCH3 is 1. The van der Waals surface area contributed by atoms with Crippen molar-refractivity contribution >= 4 is 17.1 Å². The second-order valence-electron chi connectivity index (χ2n) is 6.01. The molecule has 4 rings (SSSR count). The van der Waals surface area contributed by atoms with Gasteiger partial charge in [-0.25, -0.2) is 14.2 Å². The molecule has 0 saturated carbocycles. The Bertz CT molecular complexity index is 1140. The van der Waals surface area contributed by atoms with Crippen LogP contribution in [0.15, 0.2) is 39.3 Å². The zero-order valence-corrected chi connectivity index (χ0v) is 14.7. The Balaban J connectivity index is 1.72. The smallest absolute Gasteiger partial charge is 0.340 e. The van der Waals surface area contributed by atoms with Gasteiger partial charge in [-0.15, -0.1) is 0 Å². The summed E-state index contributed by atoms with van der Waals surface area (Å²) in [7, 11) is 1.19. The molecule has 0 aliphatic heterocycles. The summed E-state index contributed by atoms with van der Waals surface area (Å²) in [6.07, 6.45) is 0. The van der Waals surface area contributed by atoms with E-state index in [1.54, 1.807) is 0 Å². The Morgan fingerprint density at radius 3 is 2.56 bits per heavy atom. The molecule has 0 radical (unpaired) electrons. The molecule has 0 amide bonds. The first-order valence-corrected chi connectivity index (χ1v) is 8.07. The van der Waals surface area contributed by atoms with E-state index in [4.69, 9.17) is 8.94 Å². The third-order valence-corrected chi connectivity index (χ3v) is 4.18. The Morgan fingerprint density at radius 1 is 1.07 bits per heavy atom. The molecule has 136 valence electrons. The van der Waals surface area contributed by atoms with Gasteiger partial charge >= 0.3 is 11.9 Å². The first-order chi connectivity index (χ1) is 13.0. The molecule has 0 bridgehead atoms. The minimum atomic E-state index is -0.759. The van der Waals surface area contributed by atoms with E-state index in [-0.39, 0.29) is 23.2 Å². The molecular formula is C19H14FN3O4. The number of rotatable bonds is 3. The molecule has 0 aliphatic rings. The van der Waals surface area contributed by atoms with E-state index in [1.165, 1.54) is 19.2 Å². The molecule has 0 aliphatic carbocycles. The van der Waals surface area contributed by atoms with Gasteiger partial charge in [0, 0.05) is 5.56 Å². The van der Waals surface area contributed by atoms with E-state index in [9.17, 15) is 9.18 Å². The van der Waals surface area contributed by atoms with Crippen molar-refractivity contribution in [2.24, 2.45) is 0 Å². The lowest BCUT2D eigenvalue weighted by atomic mass is 10.1. The molecular weight excluding hydrogens is 353 g/mol. The van der Waals surface area contributed by atoms with Crippen LogP contribution in [-0.2, 0) is 4.74 Å². The number of oxazole rings is 1. The van der Waals surface area contributed by atoms with Gasteiger partial charge in [-0.05, 0) is 43.2 Å². The van der Waals surface area contributed by atoms with Crippen LogP contribution >= 0.6 is 0 Å². The largest absolute Gasteiger partial charge is 0.465 e. The fourth-order valence-electron chi connectivity index (χ4n) is 2.71. The maximum atomic E-state index is 14.1. The predicted octanol–water partition coefficient (Wildman–Crippen LogP) is 4.09. The van der Waals surface area contributed by atoms with Gasteiger partial charge in [-0.1, -0.05) is 17.3 Å². The summed E-state index contributed by atoms with van der Waals surface area (Å²) >= 11 is 0. The number of fused-ring (bicyclic) bond motifs is 1. The lowest BCUT2D eigenvalue weighted by Crippen LogP contribution is -2.04. The van der Waals surface area contributed by atoms with E-state index < -0.39 is 11.8 Å². The van der Waals surface area contributed by atoms with Crippen molar-refractivity contribution in [2.75, 3.05) is 7.11 Å². The van der Waals surface area contributed by atoms with Crippen LogP contribution in [0.1, 0.15) is 21.5 Å². The lowest BCUT2D eigenvalue weighted by molar-refractivity contribution is 0.0595. The fraction of sp³-hybridized carbons (Fsp3) is 0.158. The summed E-state index contributed by atoms with van der Waals surface area (Å²) in [6.45, 7) is 3.85. The van der Waals surface area contributed by atoms with Crippen molar-refractivity contribution in [3.05, 3.63) is 52.8 Å². The van der Waals surface area contributed by atoms with Crippen LogP contribution in [0, 0.1) is 19.7 Å². The van der Waals surface area contributed by atoms with Gasteiger partial charge < -0.3 is 13.7 Å². The highest BCUT2D eigenvalue weighted by Gasteiger charge is 2.20. The van der Waals surface area contributed by atoms with E-state index in [2.05, 4.69) is 19.9 Å². The minimum absolute atomic E-state index is 0.0810. The number of hydrogen-bond acceptors (Lipinski definition) is 7. The number of nitrogens with zero attached hydrogens (tertiary/aromatic N) is 3. The average molecular weight is 367 g/mol. The van der Waals surface area contributed by atoms with Gasteiger partial charge in [0.1, 0.15) is 11.3 Å². The summed E-state index contributed by atoms with van der Waals surface area (Å²) in [4.78, 5) is 20.1. The highest BCUT2D eigenvalue weighted by atomic mass is 19.1. The van der Waals surface area contributed by atoms with Crippen molar-refractivity contribution in [3.8, 4) is 23.2 Å². The van der Waals surface area contributed by atoms with Gasteiger partial charge in [0.15, 0.2) is 5.58 Å². The molecule has 0 spiro atoms. The highest BCUT2D eigenvalue weighted by molar-refractivity contribution is 5.90. The summed E-state index contributed by atoms with van der Waals surface area (Å²) < 4.78 is 29.6. The number of aromatic nitrogens is 3. The van der Waals surface area contributed by atoms with Crippen LogP contribution in [0.2, 0.25) is 0 Å². The molecule has 2 aromatic heterocycles. The van der Waals surface area contributed by atoms with Gasteiger partial charge in [0.05, 0.1) is 12.7 Å². The standard InChI is InChI=1S/C19H14FN3O4/c1-9-4-5-10(2)15-14(9)21-17(26-15)18-22-16(23-27-18)11-6-7-12(13(20)8-11)19(24)25-3/h4-8H,1-3H3. The van der Waals surface area contributed by atoms with Crippen LogP contribution in [0.25, 0.3) is 34.3 Å². The number of halogens is 1. The van der Waals surface area contributed by atoms with Gasteiger partial charge in [-0.3, -0.25) is 0 Å². The number of benzene rings is 2. The van der Waals surface area contributed by atoms with Crippen molar-refractivity contribution in [1.29, 1.82) is 0 Å². The van der Waals surface area contributed by atoms with Crippen LogP contribution in [0.5, 0.6) is 0 Å². The zero-order chi connectivity index (χ0) is 19.1. The second kappa shape index (κ2) is 6.31. The molecule has 2 heterocycles. The van der Waals surface area contributed by atoms with E-state index >= 15 is 0 Å². The summed E-state index contributed by atoms with van der Waals surface area (Å²) in [5.41, 5.74) is 3.45.